The summed E-state index contributed by atoms with van der Waals surface area (Å²) < 4.78 is 19.4. The lowest BCUT2D eigenvalue weighted by atomic mass is 9.88. The van der Waals surface area contributed by atoms with Gasteiger partial charge in [-0.2, -0.15) is 0 Å². The molecule has 2 rings (SSSR count). The summed E-state index contributed by atoms with van der Waals surface area (Å²) in [6.07, 6.45) is 3.07. The summed E-state index contributed by atoms with van der Waals surface area (Å²) in [6.45, 7) is 2.93. The third kappa shape index (κ3) is 3.54. The monoisotopic (exact) mass is 330 g/mol. The van der Waals surface area contributed by atoms with Gasteiger partial charge in [0.15, 0.2) is 0 Å². The Balaban J connectivity index is 2.08. The molecule has 3 N–H and O–H groups in total. The Morgan fingerprint density at radius 1 is 1.58 bits per heavy atom. The number of hydrogen-bond donors (Lipinski definition) is 2. The molecule has 3 atom stereocenters. The van der Waals surface area contributed by atoms with Crippen molar-refractivity contribution in [3.63, 3.8) is 0 Å². The predicted octanol–water partition coefficient (Wildman–Crippen LogP) is 2.78. The maximum Gasteiger partial charge on any atom is 0.137 e. The maximum absolute atomic E-state index is 13.2. The number of ether oxygens (including phenoxy) is 1. The van der Waals surface area contributed by atoms with E-state index >= 15 is 0 Å². The molecule has 1 fully saturated rings. The number of hydrogen-bond acceptors (Lipinski definition) is 3. The van der Waals surface area contributed by atoms with Crippen molar-refractivity contribution in [2.75, 3.05) is 6.61 Å². The molecule has 1 aromatic carbocycles. The number of halogens is 2. The van der Waals surface area contributed by atoms with Crippen molar-refractivity contribution in [3.8, 4) is 0 Å². The van der Waals surface area contributed by atoms with E-state index < -0.39 is 0 Å². The predicted molar refractivity (Wildman–Crippen MR) is 77.1 cm³/mol. The van der Waals surface area contributed by atoms with E-state index in [4.69, 9.17) is 10.6 Å². The lowest BCUT2D eigenvalue weighted by molar-refractivity contribution is 0.0774. The largest absolute Gasteiger partial charge is 0.378 e. The van der Waals surface area contributed by atoms with Crippen LogP contribution in [0.15, 0.2) is 22.7 Å². The number of rotatable bonds is 5. The van der Waals surface area contributed by atoms with E-state index in [9.17, 15) is 4.39 Å². The molecule has 1 saturated heterocycles. The highest BCUT2D eigenvalue weighted by Gasteiger charge is 2.33. The minimum Gasteiger partial charge on any atom is -0.378 e. The second kappa shape index (κ2) is 6.79. The molecule has 0 saturated carbocycles. The van der Waals surface area contributed by atoms with Gasteiger partial charge >= 0.3 is 0 Å². The van der Waals surface area contributed by atoms with Crippen LogP contribution in [0.3, 0.4) is 0 Å². The average molecular weight is 331 g/mol. The third-order valence-electron chi connectivity index (χ3n) is 3.83. The van der Waals surface area contributed by atoms with Crippen LogP contribution in [0.5, 0.6) is 0 Å². The van der Waals surface area contributed by atoms with Crippen LogP contribution in [0.1, 0.15) is 25.3 Å². The normalized spacial score (nSPS) is 24.6. The summed E-state index contributed by atoms with van der Waals surface area (Å²) in [5.74, 6) is 5.87. The maximum atomic E-state index is 13.2. The van der Waals surface area contributed by atoms with Gasteiger partial charge in [0, 0.05) is 18.6 Å². The second-order valence-electron chi connectivity index (χ2n) is 5.00. The van der Waals surface area contributed by atoms with Crippen LogP contribution < -0.4 is 11.3 Å². The van der Waals surface area contributed by atoms with Crippen LogP contribution in [-0.4, -0.2) is 18.8 Å². The number of nitrogens with two attached hydrogens (primary N) is 1. The molecule has 1 aliphatic heterocycles. The van der Waals surface area contributed by atoms with Gasteiger partial charge in [0.2, 0.25) is 0 Å². The van der Waals surface area contributed by atoms with E-state index in [0.717, 1.165) is 31.4 Å². The summed E-state index contributed by atoms with van der Waals surface area (Å²) in [5, 5.41) is 0. The highest BCUT2D eigenvalue weighted by atomic mass is 79.9. The van der Waals surface area contributed by atoms with Gasteiger partial charge in [-0.1, -0.05) is 13.0 Å². The van der Waals surface area contributed by atoms with Crippen molar-refractivity contribution >= 4 is 15.9 Å². The van der Waals surface area contributed by atoms with Crippen LogP contribution in [0.2, 0.25) is 0 Å². The van der Waals surface area contributed by atoms with Gasteiger partial charge in [0.25, 0.3) is 0 Å². The lowest BCUT2D eigenvalue weighted by Gasteiger charge is -2.26. The summed E-state index contributed by atoms with van der Waals surface area (Å²) in [6, 6.07) is 5.26. The van der Waals surface area contributed by atoms with Crippen LogP contribution in [0.4, 0.5) is 4.39 Å². The second-order valence-corrected chi connectivity index (χ2v) is 5.85. The molecule has 1 heterocycles. The summed E-state index contributed by atoms with van der Waals surface area (Å²) >= 11 is 3.22. The van der Waals surface area contributed by atoms with Crippen molar-refractivity contribution in [1.29, 1.82) is 0 Å². The fraction of sp³-hybridized carbons (Fsp3) is 0.571. The first-order valence-corrected chi connectivity index (χ1v) is 7.46. The highest BCUT2D eigenvalue weighted by molar-refractivity contribution is 9.10. The molecule has 0 aliphatic carbocycles. The standard InChI is InChI=1S/C14H20BrFN2O/c1-2-14-10(5-6-19-14)13(18-17)8-9-3-4-12(16)11(15)7-9/h3-4,7,10,13-14,18H,2,5-6,8,17H2,1H3. The molecule has 3 nitrogen and oxygen atoms in total. The summed E-state index contributed by atoms with van der Waals surface area (Å²) in [4.78, 5) is 0. The van der Waals surface area contributed by atoms with Gasteiger partial charge in [0.1, 0.15) is 5.82 Å². The molecule has 19 heavy (non-hydrogen) atoms. The minimum absolute atomic E-state index is 0.157. The van der Waals surface area contributed by atoms with E-state index in [-0.39, 0.29) is 18.0 Å². The summed E-state index contributed by atoms with van der Waals surface area (Å²) in [7, 11) is 0. The van der Waals surface area contributed by atoms with Crippen LogP contribution in [0, 0.1) is 11.7 Å². The first-order valence-electron chi connectivity index (χ1n) is 6.67. The zero-order chi connectivity index (χ0) is 13.8. The molecule has 1 aliphatic rings. The molecule has 1 aromatic rings. The molecular weight excluding hydrogens is 311 g/mol. The molecular formula is C14H20BrFN2O. The topological polar surface area (TPSA) is 47.3 Å². The quantitative estimate of drug-likeness (QED) is 0.644. The molecule has 106 valence electrons. The highest BCUT2D eigenvalue weighted by Crippen LogP contribution is 2.28. The van der Waals surface area contributed by atoms with Crippen molar-refractivity contribution in [2.45, 2.75) is 38.3 Å². The van der Waals surface area contributed by atoms with Gasteiger partial charge in [-0.25, -0.2) is 4.39 Å². The Morgan fingerprint density at radius 2 is 2.37 bits per heavy atom. The molecule has 5 heteroatoms. The van der Waals surface area contributed by atoms with E-state index in [1.165, 1.54) is 6.07 Å². The molecule has 0 spiro atoms. The fourth-order valence-corrected chi connectivity index (χ4v) is 3.23. The zero-order valence-corrected chi connectivity index (χ0v) is 12.6. The number of hydrazine groups is 1. The lowest BCUT2D eigenvalue weighted by Crippen LogP contribution is -2.45. The van der Waals surface area contributed by atoms with E-state index in [0.29, 0.717) is 10.4 Å². The van der Waals surface area contributed by atoms with Gasteiger partial charge in [-0.05, 0) is 52.9 Å². The van der Waals surface area contributed by atoms with Crippen LogP contribution >= 0.6 is 15.9 Å². The molecule has 0 aromatic heterocycles. The average Bonchev–Trinajstić information content (AvgIpc) is 2.88. The van der Waals surface area contributed by atoms with Gasteiger partial charge < -0.3 is 4.74 Å². The summed E-state index contributed by atoms with van der Waals surface area (Å²) in [5.41, 5.74) is 3.97. The molecule has 0 bridgehead atoms. The van der Waals surface area contributed by atoms with Gasteiger partial charge in [-0.15, -0.1) is 0 Å². The fourth-order valence-electron chi connectivity index (χ4n) is 2.80. The molecule has 0 amide bonds. The Bertz CT molecular complexity index is 430. The minimum atomic E-state index is -0.239. The van der Waals surface area contributed by atoms with E-state index in [1.807, 2.05) is 6.07 Å². The Labute approximate surface area is 121 Å². The Kier molecular flexibility index (Phi) is 5.33. The first kappa shape index (κ1) is 14.9. The third-order valence-corrected chi connectivity index (χ3v) is 4.44. The number of nitrogens with one attached hydrogen (secondary N) is 1. The van der Waals surface area contributed by atoms with E-state index in [2.05, 4.69) is 28.3 Å². The van der Waals surface area contributed by atoms with Crippen molar-refractivity contribution in [1.82, 2.24) is 5.43 Å². The van der Waals surface area contributed by atoms with Crippen molar-refractivity contribution in [3.05, 3.63) is 34.1 Å². The number of benzene rings is 1. The first-order chi connectivity index (χ1) is 9.15. The van der Waals surface area contributed by atoms with Crippen LogP contribution in [-0.2, 0) is 11.2 Å². The van der Waals surface area contributed by atoms with Gasteiger partial charge in [0.05, 0.1) is 10.6 Å². The SMILES string of the molecule is CCC1OCCC1C(Cc1ccc(F)c(Br)c1)NN. The van der Waals surface area contributed by atoms with Crippen molar-refractivity contribution in [2.24, 2.45) is 11.8 Å². The molecule has 0 radical (unpaired) electrons. The zero-order valence-electron chi connectivity index (χ0n) is 11.0. The van der Waals surface area contributed by atoms with Gasteiger partial charge in [-0.3, -0.25) is 11.3 Å². The smallest absolute Gasteiger partial charge is 0.137 e. The van der Waals surface area contributed by atoms with Crippen molar-refractivity contribution < 1.29 is 9.13 Å². The van der Waals surface area contributed by atoms with Crippen LogP contribution in [0.25, 0.3) is 0 Å². The Morgan fingerprint density at radius 3 is 3.00 bits per heavy atom. The Hall–Kier alpha value is -0.490. The van der Waals surface area contributed by atoms with E-state index in [1.54, 1.807) is 6.07 Å². The molecule has 3 unspecified atom stereocenters.